The van der Waals surface area contributed by atoms with Gasteiger partial charge in [0.15, 0.2) is 0 Å². The van der Waals surface area contributed by atoms with Crippen LogP contribution in [-0.2, 0) is 16.1 Å². The zero-order valence-corrected chi connectivity index (χ0v) is 12.0. The van der Waals surface area contributed by atoms with Gasteiger partial charge in [0.05, 0.1) is 6.61 Å². The molecule has 0 aliphatic carbocycles. The minimum absolute atomic E-state index is 0.0284. The first kappa shape index (κ1) is 15.5. The predicted molar refractivity (Wildman–Crippen MR) is 78.2 cm³/mol. The number of rotatable bonds is 8. The quantitative estimate of drug-likeness (QED) is 0.709. The molecule has 0 spiro atoms. The normalized spacial score (nSPS) is 11.9. The number of methoxy groups -OCH3 is 1. The van der Waals surface area contributed by atoms with Crippen molar-refractivity contribution in [3.8, 4) is 0 Å². The summed E-state index contributed by atoms with van der Waals surface area (Å²) in [5.74, 6) is 0.0284. The Morgan fingerprint density at radius 2 is 2.11 bits per heavy atom. The zero-order valence-electron chi connectivity index (χ0n) is 12.0. The molecule has 0 aromatic heterocycles. The van der Waals surface area contributed by atoms with Gasteiger partial charge in [0.2, 0.25) is 5.91 Å². The molecule has 0 radical (unpaired) electrons. The Bertz CT molecular complexity index is 393. The molecule has 4 heteroatoms. The van der Waals surface area contributed by atoms with Gasteiger partial charge in [-0.1, -0.05) is 31.5 Å². The van der Waals surface area contributed by atoms with Crippen LogP contribution in [0.25, 0.3) is 0 Å². The van der Waals surface area contributed by atoms with Gasteiger partial charge in [0.1, 0.15) is 6.04 Å². The van der Waals surface area contributed by atoms with Crippen molar-refractivity contribution in [2.45, 2.75) is 39.3 Å². The van der Waals surface area contributed by atoms with Gasteiger partial charge in [-0.3, -0.25) is 4.79 Å². The number of nitrogens with one attached hydrogen (secondary N) is 2. The summed E-state index contributed by atoms with van der Waals surface area (Å²) in [5.41, 5.74) is 2.00. The fourth-order valence-corrected chi connectivity index (χ4v) is 1.78. The molecule has 19 heavy (non-hydrogen) atoms. The van der Waals surface area contributed by atoms with E-state index in [4.69, 9.17) is 4.74 Å². The molecular formula is C15H24N2O2. The first-order valence-electron chi connectivity index (χ1n) is 6.80. The van der Waals surface area contributed by atoms with Crippen molar-refractivity contribution in [3.63, 3.8) is 0 Å². The van der Waals surface area contributed by atoms with Crippen LogP contribution in [0.5, 0.6) is 0 Å². The number of para-hydroxylation sites is 1. The van der Waals surface area contributed by atoms with Crippen molar-refractivity contribution in [1.29, 1.82) is 0 Å². The van der Waals surface area contributed by atoms with E-state index in [0.717, 1.165) is 30.6 Å². The first-order valence-corrected chi connectivity index (χ1v) is 6.80. The smallest absolute Gasteiger partial charge is 0.242 e. The number of anilines is 1. The minimum atomic E-state index is -0.255. The summed E-state index contributed by atoms with van der Waals surface area (Å²) in [6.07, 6.45) is 2.09. The van der Waals surface area contributed by atoms with Crippen LogP contribution in [0.2, 0.25) is 0 Å². The van der Waals surface area contributed by atoms with E-state index < -0.39 is 0 Å². The van der Waals surface area contributed by atoms with Crippen molar-refractivity contribution >= 4 is 11.6 Å². The number of hydrogen-bond acceptors (Lipinski definition) is 3. The van der Waals surface area contributed by atoms with Gasteiger partial charge in [-0.05, 0) is 19.4 Å². The molecule has 0 aliphatic heterocycles. The molecule has 1 aromatic carbocycles. The molecule has 0 aliphatic rings. The predicted octanol–water partition coefficient (Wildman–Crippen LogP) is 2.55. The Kier molecular flexibility index (Phi) is 6.97. The highest BCUT2D eigenvalue weighted by molar-refractivity contribution is 5.84. The van der Waals surface area contributed by atoms with Gasteiger partial charge in [-0.15, -0.1) is 0 Å². The first-order chi connectivity index (χ1) is 9.19. The van der Waals surface area contributed by atoms with E-state index in [2.05, 4.69) is 17.6 Å². The Hall–Kier alpha value is -1.55. The highest BCUT2D eigenvalue weighted by Crippen LogP contribution is 2.16. The molecule has 0 saturated heterocycles. The third kappa shape index (κ3) is 5.30. The lowest BCUT2D eigenvalue weighted by Crippen LogP contribution is -2.38. The van der Waals surface area contributed by atoms with Crippen LogP contribution in [0.1, 0.15) is 32.3 Å². The number of carbonyl (C=O) groups is 1. The van der Waals surface area contributed by atoms with E-state index in [0.29, 0.717) is 6.61 Å². The average molecular weight is 264 g/mol. The Labute approximate surface area is 115 Å². The second-order valence-electron chi connectivity index (χ2n) is 4.60. The van der Waals surface area contributed by atoms with Crippen molar-refractivity contribution in [3.05, 3.63) is 29.8 Å². The molecule has 0 saturated carbocycles. The highest BCUT2D eigenvalue weighted by atomic mass is 16.5. The van der Waals surface area contributed by atoms with Gasteiger partial charge < -0.3 is 15.4 Å². The molecule has 1 rings (SSSR count). The molecule has 0 fully saturated rings. The molecular weight excluding hydrogens is 240 g/mol. The summed E-state index contributed by atoms with van der Waals surface area (Å²) >= 11 is 0. The summed E-state index contributed by atoms with van der Waals surface area (Å²) < 4.78 is 5.15. The van der Waals surface area contributed by atoms with Crippen molar-refractivity contribution in [2.24, 2.45) is 0 Å². The maximum atomic E-state index is 11.9. The monoisotopic (exact) mass is 264 g/mol. The maximum absolute atomic E-state index is 11.9. The number of amides is 1. The van der Waals surface area contributed by atoms with Crippen LogP contribution in [0.4, 0.5) is 5.69 Å². The SMILES string of the molecule is CCCCNC(=O)C(C)Nc1ccccc1COC. The molecule has 1 aromatic rings. The molecule has 106 valence electrons. The number of benzene rings is 1. The topological polar surface area (TPSA) is 50.4 Å². The third-order valence-electron chi connectivity index (χ3n) is 2.91. The number of carbonyl (C=O) groups excluding carboxylic acids is 1. The number of ether oxygens (including phenoxy) is 1. The van der Waals surface area contributed by atoms with Crippen LogP contribution in [0.3, 0.4) is 0 Å². The Morgan fingerprint density at radius 1 is 1.37 bits per heavy atom. The van der Waals surface area contributed by atoms with Gasteiger partial charge in [-0.25, -0.2) is 0 Å². The van der Waals surface area contributed by atoms with Crippen LogP contribution in [-0.4, -0.2) is 25.6 Å². The third-order valence-corrected chi connectivity index (χ3v) is 2.91. The van der Waals surface area contributed by atoms with E-state index in [1.807, 2.05) is 31.2 Å². The second-order valence-corrected chi connectivity index (χ2v) is 4.60. The fraction of sp³-hybridized carbons (Fsp3) is 0.533. The lowest BCUT2D eigenvalue weighted by molar-refractivity contribution is -0.121. The second kappa shape index (κ2) is 8.53. The van der Waals surface area contributed by atoms with Gasteiger partial charge in [0, 0.05) is 24.9 Å². The van der Waals surface area contributed by atoms with Gasteiger partial charge in [-0.2, -0.15) is 0 Å². The molecule has 0 heterocycles. The molecule has 1 unspecified atom stereocenters. The molecule has 1 atom stereocenters. The van der Waals surface area contributed by atoms with Gasteiger partial charge >= 0.3 is 0 Å². The minimum Gasteiger partial charge on any atom is -0.380 e. The zero-order chi connectivity index (χ0) is 14.1. The summed E-state index contributed by atoms with van der Waals surface area (Å²) in [4.78, 5) is 11.9. The van der Waals surface area contributed by atoms with Gasteiger partial charge in [0.25, 0.3) is 0 Å². The van der Waals surface area contributed by atoms with Crippen LogP contribution in [0, 0.1) is 0 Å². The van der Waals surface area contributed by atoms with E-state index in [-0.39, 0.29) is 11.9 Å². The maximum Gasteiger partial charge on any atom is 0.242 e. The molecule has 4 nitrogen and oxygen atoms in total. The summed E-state index contributed by atoms with van der Waals surface area (Å²) in [7, 11) is 1.66. The van der Waals surface area contributed by atoms with Crippen molar-refractivity contribution < 1.29 is 9.53 Å². The van der Waals surface area contributed by atoms with Crippen molar-refractivity contribution in [1.82, 2.24) is 5.32 Å². The van der Waals surface area contributed by atoms with Crippen LogP contribution in [0.15, 0.2) is 24.3 Å². The Balaban J connectivity index is 2.55. The molecule has 1 amide bonds. The lowest BCUT2D eigenvalue weighted by atomic mass is 10.1. The van der Waals surface area contributed by atoms with Crippen LogP contribution >= 0.6 is 0 Å². The van der Waals surface area contributed by atoms with E-state index >= 15 is 0 Å². The summed E-state index contributed by atoms with van der Waals surface area (Å²) in [6, 6.07) is 7.61. The lowest BCUT2D eigenvalue weighted by Gasteiger charge is -2.17. The molecule has 0 bridgehead atoms. The van der Waals surface area contributed by atoms with Crippen molar-refractivity contribution in [2.75, 3.05) is 19.0 Å². The summed E-state index contributed by atoms with van der Waals surface area (Å²) in [6.45, 7) is 5.24. The molecule has 2 N–H and O–H groups in total. The van der Waals surface area contributed by atoms with E-state index in [1.165, 1.54) is 0 Å². The fourth-order valence-electron chi connectivity index (χ4n) is 1.78. The summed E-state index contributed by atoms with van der Waals surface area (Å²) in [5, 5.41) is 6.15. The van der Waals surface area contributed by atoms with E-state index in [9.17, 15) is 4.79 Å². The highest BCUT2D eigenvalue weighted by Gasteiger charge is 2.13. The number of unbranched alkanes of at least 4 members (excludes halogenated alkanes) is 1. The average Bonchev–Trinajstić information content (AvgIpc) is 2.41. The number of hydrogen-bond donors (Lipinski definition) is 2. The Morgan fingerprint density at radius 3 is 2.79 bits per heavy atom. The van der Waals surface area contributed by atoms with E-state index in [1.54, 1.807) is 7.11 Å². The standard InChI is InChI=1S/C15H24N2O2/c1-4-5-10-16-15(18)12(2)17-14-9-7-6-8-13(14)11-19-3/h6-9,12,17H,4-5,10-11H2,1-3H3,(H,16,18). The van der Waals surface area contributed by atoms with Crippen LogP contribution < -0.4 is 10.6 Å². The largest absolute Gasteiger partial charge is 0.380 e.